The lowest BCUT2D eigenvalue weighted by Crippen LogP contribution is -2.26. The second-order valence-electron chi connectivity index (χ2n) is 6.06. The predicted octanol–water partition coefficient (Wildman–Crippen LogP) is 3.08. The first-order valence-corrected chi connectivity index (χ1v) is 7.70. The minimum atomic E-state index is -0.0135. The summed E-state index contributed by atoms with van der Waals surface area (Å²) in [5, 5.41) is 3.93. The van der Waals surface area contributed by atoms with Gasteiger partial charge >= 0.3 is 0 Å². The highest BCUT2D eigenvalue weighted by Gasteiger charge is 2.36. The Balaban J connectivity index is 1.89. The van der Waals surface area contributed by atoms with E-state index >= 15 is 0 Å². The maximum atomic E-state index is 12.5. The van der Waals surface area contributed by atoms with Gasteiger partial charge in [-0.15, -0.1) is 0 Å². The molecule has 1 fully saturated rings. The first-order chi connectivity index (χ1) is 10.5. The van der Waals surface area contributed by atoms with Gasteiger partial charge in [0, 0.05) is 25.1 Å². The minimum Gasteiger partial charge on any atom is -0.339 e. The summed E-state index contributed by atoms with van der Waals surface area (Å²) in [7, 11) is 0. The summed E-state index contributed by atoms with van der Waals surface area (Å²) in [6.45, 7) is 8.77. The van der Waals surface area contributed by atoms with Crippen molar-refractivity contribution in [2.75, 3.05) is 11.4 Å². The number of rotatable bonds is 3. The van der Waals surface area contributed by atoms with E-state index in [0.717, 1.165) is 23.2 Å². The van der Waals surface area contributed by atoms with E-state index in [1.54, 1.807) is 0 Å². The fourth-order valence-electron chi connectivity index (χ4n) is 3.26. The zero-order chi connectivity index (χ0) is 15.9. The van der Waals surface area contributed by atoms with Crippen molar-refractivity contribution in [1.82, 2.24) is 10.1 Å². The van der Waals surface area contributed by atoms with E-state index in [4.69, 9.17) is 4.52 Å². The molecule has 1 saturated heterocycles. The Morgan fingerprint density at radius 3 is 2.55 bits per heavy atom. The Morgan fingerprint density at radius 1 is 1.27 bits per heavy atom. The lowest BCUT2D eigenvalue weighted by molar-refractivity contribution is -0.117. The Hall–Kier alpha value is -2.17. The third kappa shape index (κ3) is 2.51. The van der Waals surface area contributed by atoms with Crippen LogP contribution in [0.2, 0.25) is 0 Å². The van der Waals surface area contributed by atoms with Crippen LogP contribution in [0, 0.1) is 20.8 Å². The number of hydrogen-bond acceptors (Lipinski definition) is 4. The molecule has 2 aromatic rings. The quantitative estimate of drug-likeness (QED) is 0.874. The topological polar surface area (TPSA) is 59.2 Å². The van der Waals surface area contributed by atoms with Crippen LogP contribution < -0.4 is 4.90 Å². The molecule has 0 bridgehead atoms. The summed E-state index contributed by atoms with van der Waals surface area (Å²) >= 11 is 0. The van der Waals surface area contributed by atoms with Crippen LogP contribution in [0.5, 0.6) is 0 Å². The molecule has 116 valence electrons. The molecule has 1 amide bonds. The first kappa shape index (κ1) is 14.8. The van der Waals surface area contributed by atoms with Crippen LogP contribution in [-0.2, 0) is 11.2 Å². The van der Waals surface area contributed by atoms with E-state index in [2.05, 4.69) is 43.0 Å². The van der Waals surface area contributed by atoms with Crippen molar-refractivity contribution in [2.24, 2.45) is 0 Å². The zero-order valence-electron chi connectivity index (χ0n) is 13.5. The molecule has 5 heteroatoms. The molecular weight excluding hydrogens is 278 g/mol. The molecule has 1 aromatic carbocycles. The third-order valence-corrected chi connectivity index (χ3v) is 4.18. The van der Waals surface area contributed by atoms with Crippen LogP contribution in [0.4, 0.5) is 5.69 Å². The molecular formula is C17H21N3O2. The van der Waals surface area contributed by atoms with Crippen LogP contribution in [0.3, 0.4) is 0 Å². The summed E-state index contributed by atoms with van der Waals surface area (Å²) < 4.78 is 5.31. The van der Waals surface area contributed by atoms with Gasteiger partial charge in [-0.1, -0.05) is 29.8 Å². The molecule has 1 aliphatic rings. The summed E-state index contributed by atoms with van der Waals surface area (Å²) in [6.07, 6.45) is 1.17. The monoisotopic (exact) mass is 299 g/mol. The predicted molar refractivity (Wildman–Crippen MR) is 84.0 cm³/mol. The fraction of sp³-hybridized carbons (Fsp3) is 0.471. The number of nitrogens with zero attached hydrogens (tertiary/aromatic N) is 3. The van der Waals surface area contributed by atoms with E-state index in [1.807, 2.05) is 11.8 Å². The number of benzene rings is 1. The van der Waals surface area contributed by atoms with E-state index in [9.17, 15) is 4.79 Å². The molecule has 5 nitrogen and oxygen atoms in total. The van der Waals surface area contributed by atoms with Crippen LogP contribution in [0.25, 0.3) is 0 Å². The fourth-order valence-corrected chi connectivity index (χ4v) is 3.26. The molecule has 0 unspecified atom stereocenters. The van der Waals surface area contributed by atoms with Crippen LogP contribution in [0.15, 0.2) is 16.7 Å². The molecule has 22 heavy (non-hydrogen) atoms. The maximum absolute atomic E-state index is 12.5. The number of carbonyl (C=O) groups excluding carboxylic acids is 1. The number of aryl methyl sites for hydroxylation is 4. The smallest absolute Gasteiger partial charge is 0.232 e. The molecule has 1 aliphatic heterocycles. The van der Waals surface area contributed by atoms with Crippen molar-refractivity contribution in [3.63, 3.8) is 0 Å². The van der Waals surface area contributed by atoms with Crippen LogP contribution >= 0.6 is 0 Å². The van der Waals surface area contributed by atoms with E-state index in [1.165, 1.54) is 5.56 Å². The molecule has 0 aliphatic carbocycles. The van der Waals surface area contributed by atoms with Crippen molar-refractivity contribution in [2.45, 2.75) is 46.5 Å². The molecule has 2 heterocycles. The van der Waals surface area contributed by atoms with Crippen LogP contribution in [-0.4, -0.2) is 22.6 Å². The second kappa shape index (κ2) is 5.55. The number of hydrogen-bond donors (Lipinski definition) is 0. The van der Waals surface area contributed by atoms with Gasteiger partial charge in [-0.2, -0.15) is 4.98 Å². The lowest BCUT2D eigenvalue weighted by Gasteiger charge is -2.21. The van der Waals surface area contributed by atoms with Crippen molar-refractivity contribution >= 4 is 11.6 Å². The van der Waals surface area contributed by atoms with Gasteiger partial charge in [0.05, 0.1) is 5.92 Å². The molecule has 0 N–H and O–H groups in total. The summed E-state index contributed by atoms with van der Waals surface area (Å²) in [5.41, 5.74) is 4.50. The van der Waals surface area contributed by atoms with Gasteiger partial charge in [-0.3, -0.25) is 4.79 Å². The average Bonchev–Trinajstić information content (AvgIpc) is 3.05. The summed E-state index contributed by atoms with van der Waals surface area (Å²) in [4.78, 5) is 18.7. The van der Waals surface area contributed by atoms with Gasteiger partial charge in [0.2, 0.25) is 11.8 Å². The number of amides is 1. The first-order valence-electron chi connectivity index (χ1n) is 7.70. The van der Waals surface area contributed by atoms with Gasteiger partial charge in [-0.25, -0.2) is 0 Å². The molecule has 1 aromatic heterocycles. The van der Waals surface area contributed by atoms with E-state index in [0.29, 0.717) is 24.7 Å². The van der Waals surface area contributed by atoms with Crippen molar-refractivity contribution < 1.29 is 9.32 Å². The van der Waals surface area contributed by atoms with Crippen LogP contribution in [0.1, 0.15) is 47.7 Å². The highest BCUT2D eigenvalue weighted by atomic mass is 16.5. The van der Waals surface area contributed by atoms with Gasteiger partial charge in [0.25, 0.3) is 0 Å². The number of anilines is 1. The van der Waals surface area contributed by atoms with E-state index in [-0.39, 0.29) is 11.8 Å². The Morgan fingerprint density at radius 2 is 1.95 bits per heavy atom. The SMILES string of the molecule is CCc1noc([C@H]2CC(=O)N(c3c(C)cc(C)cc3C)C2)n1. The third-order valence-electron chi connectivity index (χ3n) is 4.18. The van der Waals surface area contributed by atoms with E-state index < -0.39 is 0 Å². The normalized spacial score (nSPS) is 18.3. The maximum Gasteiger partial charge on any atom is 0.232 e. The average molecular weight is 299 g/mol. The van der Waals surface area contributed by atoms with Crippen molar-refractivity contribution in [3.05, 3.63) is 40.5 Å². The Labute approximate surface area is 130 Å². The summed E-state index contributed by atoms with van der Waals surface area (Å²) in [6, 6.07) is 4.23. The minimum absolute atomic E-state index is 0.0135. The largest absolute Gasteiger partial charge is 0.339 e. The molecule has 3 rings (SSSR count). The molecule has 0 radical (unpaired) electrons. The zero-order valence-corrected chi connectivity index (χ0v) is 13.5. The molecule has 0 spiro atoms. The van der Waals surface area contributed by atoms with Crippen molar-refractivity contribution in [1.29, 1.82) is 0 Å². The van der Waals surface area contributed by atoms with Gasteiger partial charge in [0.15, 0.2) is 5.82 Å². The highest BCUT2D eigenvalue weighted by molar-refractivity contribution is 5.97. The summed E-state index contributed by atoms with van der Waals surface area (Å²) in [5.74, 6) is 1.38. The van der Waals surface area contributed by atoms with Gasteiger partial charge in [-0.05, 0) is 31.9 Å². The van der Waals surface area contributed by atoms with Crippen molar-refractivity contribution in [3.8, 4) is 0 Å². The highest BCUT2D eigenvalue weighted by Crippen LogP contribution is 2.35. The Bertz CT molecular complexity index is 697. The number of aromatic nitrogens is 2. The van der Waals surface area contributed by atoms with Gasteiger partial charge in [0.1, 0.15) is 0 Å². The standard InChI is InChI=1S/C17H21N3O2/c1-5-14-18-17(22-19-14)13-8-15(21)20(9-13)16-11(3)6-10(2)7-12(16)4/h6-7,13H,5,8-9H2,1-4H3/t13-/m0/s1. The molecule has 1 atom stereocenters. The second-order valence-corrected chi connectivity index (χ2v) is 6.06. The molecule has 0 saturated carbocycles. The Kier molecular flexibility index (Phi) is 3.72. The lowest BCUT2D eigenvalue weighted by atomic mass is 10.0. The number of carbonyl (C=O) groups is 1. The van der Waals surface area contributed by atoms with Gasteiger partial charge < -0.3 is 9.42 Å².